The van der Waals surface area contributed by atoms with Gasteiger partial charge in [-0.1, -0.05) is 13.8 Å². The average Bonchev–Trinajstić information content (AvgIpc) is 3.13. The van der Waals surface area contributed by atoms with Crippen molar-refractivity contribution in [1.29, 1.82) is 0 Å². The second-order valence-electron chi connectivity index (χ2n) is 5.94. The lowest BCUT2D eigenvalue weighted by molar-refractivity contribution is -0.139. The SMILES string of the molecule is CC(C)CN(CCC(=O)O)C(=O)C1CC12CC2. The van der Waals surface area contributed by atoms with Crippen molar-refractivity contribution in [2.45, 2.75) is 39.5 Å². The van der Waals surface area contributed by atoms with Gasteiger partial charge >= 0.3 is 5.97 Å². The number of rotatable bonds is 6. The molecule has 1 atom stereocenters. The predicted octanol–water partition coefficient (Wildman–Crippen LogP) is 1.75. The van der Waals surface area contributed by atoms with Gasteiger partial charge in [-0.2, -0.15) is 0 Å². The summed E-state index contributed by atoms with van der Waals surface area (Å²) in [7, 11) is 0. The Bertz CT molecular complexity index is 334. The van der Waals surface area contributed by atoms with Crippen LogP contribution in [0.3, 0.4) is 0 Å². The number of carboxylic acid groups (broad SMARTS) is 1. The molecule has 2 saturated carbocycles. The van der Waals surface area contributed by atoms with E-state index in [1.54, 1.807) is 4.90 Å². The second kappa shape index (κ2) is 4.31. The number of amides is 1. The molecule has 96 valence electrons. The highest BCUT2D eigenvalue weighted by Crippen LogP contribution is 2.70. The normalized spacial score (nSPS) is 23.8. The van der Waals surface area contributed by atoms with Crippen LogP contribution in [0.15, 0.2) is 0 Å². The van der Waals surface area contributed by atoms with Gasteiger partial charge in [0.05, 0.1) is 6.42 Å². The number of carbonyl (C=O) groups excluding carboxylic acids is 1. The van der Waals surface area contributed by atoms with Crippen molar-refractivity contribution in [3.05, 3.63) is 0 Å². The van der Waals surface area contributed by atoms with Gasteiger partial charge in [-0.25, -0.2) is 0 Å². The monoisotopic (exact) mass is 239 g/mol. The average molecular weight is 239 g/mol. The molecule has 1 N–H and O–H groups in total. The van der Waals surface area contributed by atoms with Gasteiger partial charge in [-0.05, 0) is 30.6 Å². The van der Waals surface area contributed by atoms with Gasteiger partial charge in [0, 0.05) is 19.0 Å². The zero-order valence-electron chi connectivity index (χ0n) is 10.6. The summed E-state index contributed by atoms with van der Waals surface area (Å²) in [4.78, 5) is 24.6. The minimum Gasteiger partial charge on any atom is -0.481 e. The number of carbonyl (C=O) groups is 2. The van der Waals surface area contributed by atoms with E-state index in [0.29, 0.717) is 24.4 Å². The minimum atomic E-state index is -0.830. The molecule has 0 aromatic heterocycles. The van der Waals surface area contributed by atoms with E-state index in [9.17, 15) is 9.59 Å². The van der Waals surface area contributed by atoms with Crippen LogP contribution in [-0.2, 0) is 9.59 Å². The Morgan fingerprint density at radius 3 is 2.47 bits per heavy atom. The summed E-state index contributed by atoms with van der Waals surface area (Å²) >= 11 is 0. The summed E-state index contributed by atoms with van der Waals surface area (Å²) < 4.78 is 0. The first-order valence-corrected chi connectivity index (χ1v) is 6.45. The third kappa shape index (κ3) is 2.79. The molecule has 17 heavy (non-hydrogen) atoms. The summed E-state index contributed by atoms with van der Waals surface area (Å²) in [5, 5.41) is 8.71. The standard InChI is InChI=1S/C13H21NO3/c1-9(2)8-14(6-3-11(15)16)12(17)10-7-13(10)4-5-13/h9-10H,3-8H2,1-2H3,(H,15,16). The maximum absolute atomic E-state index is 12.2. The Labute approximate surface area is 102 Å². The molecule has 2 fully saturated rings. The molecule has 0 aliphatic heterocycles. The lowest BCUT2D eigenvalue weighted by Crippen LogP contribution is -2.37. The van der Waals surface area contributed by atoms with Gasteiger partial charge < -0.3 is 10.0 Å². The molecular weight excluding hydrogens is 218 g/mol. The molecule has 0 radical (unpaired) electrons. The molecule has 1 amide bonds. The summed E-state index contributed by atoms with van der Waals surface area (Å²) in [6.45, 7) is 5.15. The fourth-order valence-corrected chi connectivity index (χ4v) is 2.59. The Kier molecular flexibility index (Phi) is 3.15. The molecule has 0 saturated heterocycles. The fourth-order valence-electron chi connectivity index (χ4n) is 2.59. The molecule has 1 unspecified atom stereocenters. The highest BCUT2D eigenvalue weighted by molar-refractivity contribution is 5.84. The van der Waals surface area contributed by atoms with E-state index in [1.807, 2.05) is 0 Å². The van der Waals surface area contributed by atoms with Gasteiger partial charge in [0.25, 0.3) is 0 Å². The largest absolute Gasteiger partial charge is 0.481 e. The molecule has 0 heterocycles. The smallest absolute Gasteiger partial charge is 0.305 e. The quantitative estimate of drug-likeness (QED) is 0.768. The number of carboxylic acids is 1. The lowest BCUT2D eigenvalue weighted by Gasteiger charge is -2.24. The Hall–Kier alpha value is -1.06. The van der Waals surface area contributed by atoms with Gasteiger partial charge in [0.15, 0.2) is 0 Å². The molecule has 4 nitrogen and oxygen atoms in total. The van der Waals surface area contributed by atoms with Crippen LogP contribution in [0.2, 0.25) is 0 Å². The van der Waals surface area contributed by atoms with Crippen LogP contribution in [-0.4, -0.2) is 35.0 Å². The second-order valence-corrected chi connectivity index (χ2v) is 5.94. The van der Waals surface area contributed by atoms with Crippen molar-refractivity contribution in [3.63, 3.8) is 0 Å². The number of hydrogen-bond acceptors (Lipinski definition) is 2. The number of nitrogens with zero attached hydrogens (tertiary/aromatic N) is 1. The fraction of sp³-hybridized carbons (Fsp3) is 0.846. The molecule has 4 heteroatoms. The minimum absolute atomic E-state index is 0.0537. The van der Waals surface area contributed by atoms with E-state index in [4.69, 9.17) is 5.11 Å². The van der Waals surface area contributed by atoms with E-state index < -0.39 is 5.97 Å². The highest BCUT2D eigenvalue weighted by Gasteiger charge is 2.66. The molecule has 0 aromatic rings. The van der Waals surface area contributed by atoms with Gasteiger partial charge in [0.1, 0.15) is 0 Å². The first-order valence-electron chi connectivity index (χ1n) is 6.45. The van der Waals surface area contributed by atoms with Crippen molar-refractivity contribution < 1.29 is 14.7 Å². The first kappa shape index (κ1) is 12.4. The molecule has 2 aliphatic rings. The molecule has 0 bridgehead atoms. The van der Waals surface area contributed by atoms with Gasteiger partial charge in [-0.15, -0.1) is 0 Å². The third-order valence-corrected chi connectivity index (χ3v) is 3.87. The van der Waals surface area contributed by atoms with Crippen molar-refractivity contribution in [2.24, 2.45) is 17.3 Å². The topological polar surface area (TPSA) is 57.6 Å². The van der Waals surface area contributed by atoms with Crippen LogP contribution < -0.4 is 0 Å². The Morgan fingerprint density at radius 1 is 1.41 bits per heavy atom. The highest BCUT2D eigenvalue weighted by atomic mass is 16.4. The summed E-state index contributed by atoms with van der Waals surface area (Å²) in [6.07, 6.45) is 3.47. The van der Waals surface area contributed by atoms with E-state index in [2.05, 4.69) is 13.8 Å². The van der Waals surface area contributed by atoms with Gasteiger partial charge in [-0.3, -0.25) is 9.59 Å². The zero-order valence-corrected chi connectivity index (χ0v) is 10.6. The lowest BCUT2D eigenvalue weighted by atomic mass is 10.1. The predicted molar refractivity (Wildman–Crippen MR) is 63.4 cm³/mol. The van der Waals surface area contributed by atoms with Crippen LogP contribution in [0.1, 0.15) is 39.5 Å². The van der Waals surface area contributed by atoms with Crippen LogP contribution >= 0.6 is 0 Å². The summed E-state index contributed by atoms with van der Waals surface area (Å²) in [5.41, 5.74) is 0.357. The van der Waals surface area contributed by atoms with Crippen molar-refractivity contribution >= 4 is 11.9 Å². The molecule has 2 aliphatic carbocycles. The molecular formula is C13H21NO3. The summed E-state index contributed by atoms with van der Waals surface area (Å²) in [5.74, 6) is -0.0439. The van der Waals surface area contributed by atoms with Crippen molar-refractivity contribution in [1.82, 2.24) is 4.90 Å². The summed E-state index contributed by atoms with van der Waals surface area (Å²) in [6, 6.07) is 0. The zero-order chi connectivity index (χ0) is 12.6. The van der Waals surface area contributed by atoms with Crippen LogP contribution in [0.25, 0.3) is 0 Å². The maximum Gasteiger partial charge on any atom is 0.305 e. The van der Waals surface area contributed by atoms with Crippen molar-refractivity contribution in [3.8, 4) is 0 Å². The number of aliphatic carboxylic acids is 1. The maximum atomic E-state index is 12.2. The molecule has 0 aromatic carbocycles. The Balaban J connectivity index is 1.89. The number of hydrogen-bond donors (Lipinski definition) is 1. The van der Waals surface area contributed by atoms with E-state index >= 15 is 0 Å². The molecule has 1 spiro atoms. The van der Waals surface area contributed by atoms with E-state index in [0.717, 1.165) is 6.42 Å². The third-order valence-electron chi connectivity index (χ3n) is 3.87. The first-order chi connectivity index (χ1) is 7.94. The van der Waals surface area contributed by atoms with Crippen LogP contribution in [0.4, 0.5) is 0 Å². The van der Waals surface area contributed by atoms with Crippen LogP contribution in [0, 0.1) is 17.3 Å². The van der Waals surface area contributed by atoms with E-state index in [-0.39, 0.29) is 18.2 Å². The van der Waals surface area contributed by atoms with E-state index in [1.165, 1.54) is 12.8 Å². The van der Waals surface area contributed by atoms with Crippen LogP contribution in [0.5, 0.6) is 0 Å². The van der Waals surface area contributed by atoms with Gasteiger partial charge in [0.2, 0.25) is 5.91 Å². The molecule has 2 rings (SSSR count). The van der Waals surface area contributed by atoms with Crippen molar-refractivity contribution in [2.75, 3.05) is 13.1 Å². The Morgan fingerprint density at radius 2 is 2.06 bits per heavy atom.